The van der Waals surface area contributed by atoms with Gasteiger partial charge in [-0.2, -0.15) is 0 Å². The highest BCUT2D eigenvalue weighted by Gasteiger charge is 2.14. The van der Waals surface area contributed by atoms with E-state index in [1.54, 1.807) is 19.4 Å². The van der Waals surface area contributed by atoms with Crippen molar-refractivity contribution in [2.45, 2.75) is 18.9 Å². The Morgan fingerprint density at radius 1 is 1.60 bits per heavy atom. The third kappa shape index (κ3) is 3.57. The Morgan fingerprint density at radius 3 is 3.00 bits per heavy atom. The van der Waals surface area contributed by atoms with Crippen LogP contribution in [0.4, 0.5) is 4.39 Å². The standard InChI is InChI=1S/C11H17FN2O/c1-13-10(6-4-8-15-2)11-9(12)5-3-7-14-11/h3,5,7,10,13H,4,6,8H2,1-2H3. The Labute approximate surface area is 89.7 Å². The smallest absolute Gasteiger partial charge is 0.146 e. The van der Waals surface area contributed by atoms with E-state index in [0.717, 1.165) is 12.8 Å². The van der Waals surface area contributed by atoms with Crippen LogP contribution in [0.3, 0.4) is 0 Å². The summed E-state index contributed by atoms with van der Waals surface area (Å²) in [5, 5.41) is 3.06. The molecular formula is C11H17FN2O. The Hall–Kier alpha value is -1.00. The number of halogens is 1. The van der Waals surface area contributed by atoms with Crippen LogP contribution in [-0.4, -0.2) is 25.7 Å². The molecule has 15 heavy (non-hydrogen) atoms. The maximum atomic E-state index is 13.4. The lowest BCUT2D eigenvalue weighted by Gasteiger charge is -2.15. The van der Waals surface area contributed by atoms with Crippen molar-refractivity contribution in [3.8, 4) is 0 Å². The van der Waals surface area contributed by atoms with E-state index in [2.05, 4.69) is 10.3 Å². The molecule has 0 radical (unpaired) electrons. The number of hydrogen-bond donors (Lipinski definition) is 1. The Kier molecular flexibility index (Phi) is 5.21. The van der Waals surface area contributed by atoms with Gasteiger partial charge in [-0.1, -0.05) is 0 Å². The lowest BCUT2D eigenvalue weighted by Crippen LogP contribution is -2.19. The zero-order valence-corrected chi connectivity index (χ0v) is 9.16. The molecule has 0 aliphatic rings. The van der Waals surface area contributed by atoms with Crippen molar-refractivity contribution in [3.05, 3.63) is 29.8 Å². The summed E-state index contributed by atoms with van der Waals surface area (Å²) in [6, 6.07) is 2.99. The highest BCUT2D eigenvalue weighted by Crippen LogP contribution is 2.18. The quantitative estimate of drug-likeness (QED) is 0.731. The van der Waals surface area contributed by atoms with Crippen molar-refractivity contribution in [2.75, 3.05) is 20.8 Å². The summed E-state index contributed by atoms with van der Waals surface area (Å²) in [5.74, 6) is -0.255. The van der Waals surface area contributed by atoms with Gasteiger partial charge in [-0.05, 0) is 32.0 Å². The fourth-order valence-corrected chi connectivity index (χ4v) is 1.50. The molecule has 0 saturated heterocycles. The second-order valence-corrected chi connectivity index (χ2v) is 3.35. The van der Waals surface area contributed by atoms with Crippen LogP contribution < -0.4 is 5.32 Å². The summed E-state index contributed by atoms with van der Waals surface area (Å²) in [6.45, 7) is 0.687. The maximum absolute atomic E-state index is 13.4. The molecule has 3 nitrogen and oxygen atoms in total. The van der Waals surface area contributed by atoms with Crippen molar-refractivity contribution in [1.82, 2.24) is 10.3 Å². The number of methoxy groups -OCH3 is 1. The van der Waals surface area contributed by atoms with Gasteiger partial charge in [0, 0.05) is 19.9 Å². The van der Waals surface area contributed by atoms with Gasteiger partial charge in [0.2, 0.25) is 0 Å². The summed E-state index contributed by atoms with van der Waals surface area (Å²) in [6.07, 6.45) is 3.31. The summed E-state index contributed by atoms with van der Waals surface area (Å²) < 4.78 is 18.4. The lowest BCUT2D eigenvalue weighted by molar-refractivity contribution is 0.188. The summed E-state index contributed by atoms with van der Waals surface area (Å²) >= 11 is 0. The summed E-state index contributed by atoms with van der Waals surface area (Å²) in [5.41, 5.74) is 0.483. The second kappa shape index (κ2) is 6.48. The van der Waals surface area contributed by atoms with E-state index in [1.807, 2.05) is 7.05 Å². The topological polar surface area (TPSA) is 34.1 Å². The van der Waals surface area contributed by atoms with Crippen LogP contribution in [-0.2, 0) is 4.74 Å². The van der Waals surface area contributed by atoms with Crippen molar-refractivity contribution in [1.29, 1.82) is 0 Å². The molecule has 1 heterocycles. The minimum atomic E-state index is -0.255. The first-order valence-electron chi connectivity index (χ1n) is 5.06. The largest absolute Gasteiger partial charge is 0.385 e. The van der Waals surface area contributed by atoms with Crippen molar-refractivity contribution < 1.29 is 9.13 Å². The molecule has 0 bridgehead atoms. The van der Waals surface area contributed by atoms with Crippen molar-refractivity contribution in [2.24, 2.45) is 0 Å². The molecule has 0 amide bonds. The zero-order chi connectivity index (χ0) is 11.1. The van der Waals surface area contributed by atoms with E-state index in [9.17, 15) is 4.39 Å². The minimum Gasteiger partial charge on any atom is -0.385 e. The maximum Gasteiger partial charge on any atom is 0.146 e. The van der Waals surface area contributed by atoms with E-state index in [1.165, 1.54) is 6.07 Å². The fraction of sp³-hybridized carbons (Fsp3) is 0.545. The number of hydrogen-bond acceptors (Lipinski definition) is 3. The van der Waals surface area contributed by atoms with E-state index in [-0.39, 0.29) is 11.9 Å². The molecule has 1 unspecified atom stereocenters. The first kappa shape index (κ1) is 12.1. The SMILES string of the molecule is CNC(CCCOC)c1ncccc1F. The molecule has 0 spiro atoms. The molecule has 1 N–H and O–H groups in total. The third-order valence-corrected chi connectivity index (χ3v) is 2.31. The third-order valence-electron chi connectivity index (χ3n) is 2.31. The lowest BCUT2D eigenvalue weighted by atomic mass is 10.1. The van der Waals surface area contributed by atoms with Crippen LogP contribution in [0, 0.1) is 5.82 Å². The van der Waals surface area contributed by atoms with Crippen molar-refractivity contribution >= 4 is 0 Å². The second-order valence-electron chi connectivity index (χ2n) is 3.35. The van der Waals surface area contributed by atoms with Gasteiger partial charge in [-0.15, -0.1) is 0 Å². The Bertz CT molecular complexity index is 294. The van der Waals surface area contributed by atoms with Gasteiger partial charge in [0.05, 0.1) is 11.7 Å². The van der Waals surface area contributed by atoms with Gasteiger partial charge >= 0.3 is 0 Å². The average molecular weight is 212 g/mol. The van der Waals surface area contributed by atoms with Crippen molar-refractivity contribution in [3.63, 3.8) is 0 Å². The highest BCUT2D eigenvalue weighted by atomic mass is 19.1. The van der Waals surface area contributed by atoms with Crippen LogP contribution >= 0.6 is 0 Å². The van der Waals surface area contributed by atoms with Crippen LogP contribution in [0.5, 0.6) is 0 Å². The number of aromatic nitrogens is 1. The van der Waals surface area contributed by atoms with E-state index < -0.39 is 0 Å². The first-order chi connectivity index (χ1) is 7.29. The average Bonchev–Trinajstić information content (AvgIpc) is 2.26. The number of nitrogens with one attached hydrogen (secondary N) is 1. The molecule has 1 aromatic heterocycles. The fourth-order valence-electron chi connectivity index (χ4n) is 1.50. The molecule has 0 aromatic carbocycles. The molecule has 0 aliphatic carbocycles. The van der Waals surface area contributed by atoms with E-state index >= 15 is 0 Å². The molecule has 0 aliphatic heterocycles. The predicted octanol–water partition coefficient (Wildman–Crippen LogP) is 1.91. The normalized spacial score (nSPS) is 12.7. The van der Waals surface area contributed by atoms with Gasteiger partial charge in [0.15, 0.2) is 0 Å². The summed E-state index contributed by atoms with van der Waals surface area (Å²) in [7, 11) is 3.47. The van der Waals surface area contributed by atoms with E-state index in [0.29, 0.717) is 12.3 Å². The Morgan fingerprint density at radius 2 is 2.40 bits per heavy atom. The summed E-state index contributed by atoms with van der Waals surface area (Å²) in [4.78, 5) is 4.05. The van der Waals surface area contributed by atoms with Crippen LogP contribution in [0.1, 0.15) is 24.6 Å². The van der Waals surface area contributed by atoms with Gasteiger partial charge in [0.1, 0.15) is 5.82 Å². The highest BCUT2D eigenvalue weighted by molar-refractivity contribution is 5.11. The minimum absolute atomic E-state index is 0.0404. The molecule has 84 valence electrons. The molecule has 0 saturated carbocycles. The number of pyridine rings is 1. The predicted molar refractivity (Wildman–Crippen MR) is 57.1 cm³/mol. The van der Waals surface area contributed by atoms with Crippen LogP contribution in [0.25, 0.3) is 0 Å². The first-order valence-corrected chi connectivity index (χ1v) is 5.06. The molecule has 1 aromatic rings. The molecule has 4 heteroatoms. The number of rotatable bonds is 6. The van der Waals surface area contributed by atoms with Gasteiger partial charge in [0.25, 0.3) is 0 Å². The van der Waals surface area contributed by atoms with E-state index in [4.69, 9.17) is 4.74 Å². The number of ether oxygens (including phenoxy) is 1. The molecular weight excluding hydrogens is 195 g/mol. The zero-order valence-electron chi connectivity index (χ0n) is 9.16. The molecule has 0 fully saturated rings. The van der Waals surface area contributed by atoms with Gasteiger partial charge in [-0.25, -0.2) is 4.39 Å². The molecule has 1 rings (SSSR count). The van der Waals surface area contributed by atoms with Crippen LogP contribution in [0.15, 0.2) is 18.3 Å². The van der Waals surface area contributed by atoms with Gasteiger partial charge < -0.3 is 10.1 Å². The van der Waals surface area contributed by atoms with Gasteiger partial charge in [-0.3, -0.25) is 4.98 Å². The monoisotopic (exact) mass is 212 g/mol. The number of nitrogens with zero attached hydrogens (tertiary/aromatic N) is 1. The molecule has 1 atom stereocenters. The van der Waals surface area contributed by atoms with Crippen LogP contribution in [0.2, 0.25) is 0 Å². The Balaban J connectivity index is 2.61.